The maximum Gasteiger partial charge on any atom is 0.336 e. The molecule has 118 valence electrons. The Bertz CT molecular complexity index is 801. The smallest absolute Gasteiger partial charge is 0.336 e. The van der Waals surface area contributed by atoms with Crippen LogP contribution in [0.4, 0.5) is 5.69 Å². The predicted octanol–water partition coefficient (Wildman–Crippen LogP) is 3.88. The molecule has 0 heterocycles. The summed E-state index contributed by atoms with van der Waals surface area (Å²) < 4.78 is 5.03. The van der Waals surface area contributed by atoms with Gasteiger partial charge in [-0.1, -0.05) is 29.8 Å². The highest BCUT2D eigenvalue weighted by atomic mass is 35.5. The van der Waals surface area contributed by atoms with Gasteiger partial charge in [-0.05, 0) is 29.3 Å². The van der Waals surface area contributed by atoms with Crippen LogP contribution in [0.25, 0.3) is 11.6 Å². The van der Waals surface area contributed by atoms with E-state index in [1.54, 1.807) is 18.2 Å². The lowest BCUT2D eigenvalue weighted by atomic mass is 10.0. The number of nitrogens with zero attached hydrogens (tertiary/aromatic N) is 1. The molecule has 0 amide bonds. The Morgan fingerprint density at radius 1 is 1.30 bits per heavy atom. The van der Waals surface area contributed by atoms with Gasteiger partial charge in [-0.3, -0.25) is 10.1 Å². The maximum absolute atomic E-state index is 11.5. The second-order valence-electron chi connectivity index (χ2n) is 4.56. The second kappa shape index (κ2) is 6.93. The number of nitro groups is 1. The molecule has 0 unspecified atom stereocenters. The largest absolute Gasteiger partial charge is 0.495 e. The molecule has 0 aromatic heterocycles. The highest BCUT2D eigenvalue weighted by Crippen LogP contribution is 2.29. The first-order valence-electron chi connectivity index (χ1n) is 6.45. The fourth-order valence-electron chi connectivity index (χ4n) is 2.00. The number of methoxy groups -OCH3 is 1. The minimum Gasteiger partial charge on any atom is -0.495 e. The molecule has 0 aliphatic rings. The fourth-order valence-corrected chi connectivity index (χ4v) is 2.25. The minimum absolute atomic E-state index is 0.0324. The van der Waals surface area contributed by atoms with E-state index in [0.717, 1.165) is 0 Å². The Labute approximate surface area is 136 Å². The summed E-state index contributed by atoms with van der Waals surface area (Å²) in [6.45, 7) is 0. The Balaban J connectivity index is 2.50. The van der Waals surface area contributed by atoms with Gasteiger partial charge in [0.2, 0.25) is 0 Å². The molecule has 0 spiro atoms. The molecule has 2 rings (SSSR count). The van der Waals surface area contributed by atoms with Gasteiger partial charge in [0.25, 0.3) is 5.69 Å². The molecule has 0 saturated carbocycles. The number of non-ortho nitro benzene ring substituents is 1. The van der Waals surface area contributed by atoms with Gasteiger partial charge in [-0.15, -0.1) is 0 Å². The Hall–Kier alpha value is -2.86. The average molecular weight is 334 g/mol. The maximum atomic E-state index is 11.5. The molecule has 0 saturated heterocycles. The summed E-state index contributed by atoms with van der Waals surface area (Å²) in [7, 11) is 1.46. The molecule has 0 radical (unpaired) electrons. The average Bonchev–Trinajstić information content (AvgIpc) is 2.52. The summed E-state index contributed by atoms with van der Waals surface area (Å²) >= 11 is 6.01. The molecule has 0 aliphatic heterocycles. The standard InChI is InChI=1S/C16H12ClNO5/c1-23-15-6-5-11(9-14(15)17)13(16(19)20)8-10-3-2-4-12(7-10)18(21)22/h2-9H,1H3,(H,19,20)/b13-8-. The third kappa shape index (κ3) is 3.87. The van der Waals surface area contributed by atoms with Crippen molar-refractivity contribution in [1.29, 1.82) is 0 Å². The molecule has 0 bridgehead atoms. The van der Waals surface area contributed by atoms with Crippen LogP contribution in [0.3, 0.4) is 0 Å². The number of benzene rings is 2. The molecule has 7 heteroatoms. The van der Waals surface area contributed by atoms with E-state index in [-0.39, 0.29) is 16.3 Å². The van der Waals surface area contributed by atoms with Gasteiger partial charge >= 0.3 is 5.97 Å². The zero-order valence-corrected chi connectivity index (χ0v) is 12.8. The molecular weight excluding hydrogens is 322 g/mol. The van der Waals surface area contributed by atoms with Crippen LogP contribution in [0.5, 0.6) is 5.75 Å². The summed E-state index contributed by atoms with van der Waals surface area (Å²) in [4.78, 5) is 21.8. The van der Waals surface area contributed by atoms with Crippen LogP contribution < -0.4 is 4.74 Å². The normalized spacial score (nSPS) is 11.1. The van der Waals surface area contributed by atoms with E-state index in [0.29, 0.717) is 16.9 Å². The van der Waals surface area contributed by atoms with Crippen molar-refractivity contribution < 1.29 is 19.6 Å². The lowest BCUT2D eigenvalue weighted by molar-refractivity contribution is -0.384. The molecule has 0 fully saturated rings. The van der Waals surface area contributed by atoms with Gasteiger partial charge in [-0.25, -0.2) is 4.79 Å². The topological polar surface area (TPSA) is 89.7 Å². The lowest BCUT2D eigenvalue weighted by Crippen LogP contribution is -2.00. The molecule has 6 nitrogen and oxygen atoms in total. The second-order valence-corrected chi connectivity index (χ2v) is 4.97. The van der Waals surface area contributed by atoms with Crippen LogP contribution in [0, 0.1) is 10.1 Å². The monoisotopic (exact) mass is 333 g/mol. The summed E-state index contributed by atoms with van der Waals surface area (Å²) in [5.41, 5.74) is 0.629. The van der Waals surface area contributed by atoms with Crippen LogP contribution in [0.15, 0.2) is 42.5 Å². The van der Waals surface area contributed by atoms with Crippen molar-refractivity contribution in [2.75, 3.05) is 7.11 Å². The quantitative estimate of drug-likeness (QED) is 0.388. The number of halogens is 1. The van der Waals surface area contributed by atoms with E-state index in [1.807, 2.05) is 0 Å². The van der Waals surface area contributed by atoms with Gasteiger partial charge in [0.05, 0.1) is 22.6 Å². The number of hydrogen-bond donors (Lipinski definition) is 1. The number of carboxylic acid groups (broad SMARTS) is 1. The highest BCUT2D eigenvalue weighted by Gasteiger charge is 2.14. The van der Waals surface area contributed by atoms with Crippen LogP contribution in [-0.4, -0.2) is 23.1 Å². The molecule has 1 N–H and O–H groups in total. The summed E-state index contributed by atoms with van der Waals surface area (Å²) in [5, 5.41) is 20.5. The number of ether oxygens (including phenoxy) is 1. The summed E-state index contributed by atoms with van der Waals surface area (Å²) in [5.74, 6) is -0.742. The zero-order chi connectivity index (χ0) is 17.0. The first-order valence-corrected chi connectivity index (χ1v) is 6.83. The highest BCUT2D eigenvalue weighted by molar-refractivity contribution is 6.32. The first kappa shape index (κ1) is 16.5. The number of carboxylic acids is 1. The van der Waals surface area contributed by atoms with Gasteiger partial charge in [0.15, 0.2) is 0 Å². The molecule has 2 aromatic carbocycles. The van der Waals surface area contributed by atoms with Crippen LogP contribution in [0.2, 0.25) is 5.02 Å². The van der Waals surface area contributed by atoms with Crippen molar-refractivity contribution in [2.24, 2.45) is 0 Å². The predicted molar refractivity (Wildman–Crippen MR) is 86.6 cm³/mol. The number of carbonyl (C=O) groups is 1. The van der Waals surface area contributed by atoms with Crippen molar-refractivity contribution in [3.8, 4) is 5.75 Å². The lowest BCUT2D eigenvalue weighted by Gasteiger charge is -2.07. The van der Waals surface area contributed by atoms with E-state index >= 15 is 0 Å². The Morgan fingerprint density at radius 3 is 2.61 bits per heavy atom. The van der Waals surface area contributed by atoms with Gasteiger partial charge < -0.3 is 9.84 Å². The number of rotatable bonds is 5. The third-order valence-corrected chi connectivity index (χ3v) is 3.38. The van der Waals surface area contributed by atoms with Crippen molar-refractivity contribution in [3.63, 3.8) is 0 Å². The molecule has 0 aliphatic carbocycles. The Morgan fingerprint density at radius 2 is 2.04 bits per heavy atom. The number of aliphatic carboxylic acids is 1. The SMILES string of the molecule is COc1ccc(/C(=C/c2cccc([N+](=O)[O-])c2)C(=O)O)cc1Cl. The molecule has 23 heavy (non-hydrogen) atoms. The van der Waals surface area contributed by atoms with Crippen molar-refractivity contribution >= 4 is 34.9 Å². The van der Waals surface area contributed by atoms with E-state index in [9.17, 15) is 20.0 Å². The third-order valence-electron chi connectivity index (χ3n) is 3.09. The molecular formula is C16H12ClNO5. The Kier molecular flexibility index (Phi) is 4.98. The molecule has 0 atom stereocenters. The fraction of sp³-hybridized carbons (Fsp3) is 0.0625. The number of nitro benzene ring substituents is 1. The first-order chi connectivity index (χ1) is 10.9. The zero-order valence-electron chi connectivity index (χ0n) is 12.0. The van der Waals surface area contributed by atoms with Crippen LogP contribution >= 0.6 is 11.6 Å². The number of hydrogen-bond acceptors (Lipinski definition) is 4. The van der Waals surface area contributed by atoms with Gasteiger partial charge in [0, 0.05) is 12.1 Å². The van der Waals surface area contributed by atoms with E-state index in [4.69, 9.17) is 16.3 Å². The summed E-state index contributed by atoms with van der Waals surface area (Å²) in [6.07, 6.45) is 1.35. The van der Waals surface area contributed by atoms with Gasteiger partial charge in [-0.2, -0.15) is 0 Å². The van der Waals surface area contributed by atoms with E-state index in [2.05, 4.69) is 0 Å². The molecule has 2 aromatic rings. The van der Waals surface area contributed by atoms with Crippen molar-refractivity contribution in [3.05, 3.63) is 68.7 Å². The van der Waals surface area contributed by atoms with Crippen LogP contribution in [0.1, 0.15) is 11.1 Å². The minimum atomic E-state index is -1.17. The van der Waals surface area contributed by atoms with Crippen molar-refractivity contribution in [2.45, 2.75) is 0 Å². The summed E-state index contributed by atoms with van der Waals surface area (Å²) in [6, 6.07) is 10.3. The van der Waals surface area contributed by atoms with Crippen LogP contribution in [-0.2, 0) is 4.79 Å². The van der Waals surface area contributed by atoms with Gasteiger partial charge in [0.1, 0.15) is 5.75 Å². The van der Waals surface area contributed by atoms with Crippen molar-refractivity contribution in [1.82, 2.24) is 0 Å². The van der Waals surface area contributed by atoms with E-state index in [1.165, 1.54) is 37.5 Å². The van der Waals surface area contributed by atoms with E-state index < -0.39 is 10.9 Å².